The molecule has 1 aromatic carbocycles. The Hall–Kier alpha value is -0.699. The van der Waals surface area contributed by atoms with Crippen molar-refractivity contribution in [3.05, 3.63) is 32.2 Å². The van der Waals surface area contributed by atoms with Gasteiger partial charge in [-0.1, -0.05) is 66.5 Å². The van der Waals surface area contributed by atoms with Gasteiger partial charge in [0.25, 0.3) is 0 Å². The minimum atomic E-state index is -1.99. The molecular formula is C31H48BrN3O3SSi3. The highest BCUT2D eigenvalue weighted by molar-refractivity contribution is 9.10. The summed E-state index contributed by atoms with van der Waals surface area (Å²) in [5.74, 6) is 2.62. The molecule has 2 fully saturated rings. The molecule has 2 aliphatic heterocycles. The van der Waals surface area contributed by atoms with Gasteiger partial charge in [-0.25, -0.2) is 4.98 Å². The summed E-state index contributed by atoms with van der Waals surface area (Å²) in [6.07, 6.45) is 5.52. The van der Waals surface area contributed by atoms with Crippen molar-refractivity contribution in [1.29, 1.82) is 0 Å². The highest BCUT2D eigenvalue weighted by Gasteiger charge is 2.75. The summed E-state index contributed by atoms with van der Waals surface area (Å²) in [5.41, 5.74) is 3.38. The van der Waals surface area contributed by atoms with Crippen LogP contribution in [0.25, 0.3) is 0 Å². The van der Waals surface area contributed by atoms with Crippen molar-refractivity contribution >= 4 is 57.2 Å². The van der Waals surface area contributed by atoms with E-state index in [0.29, 0.717) is 6.04 Å². The lowest BCUT2D eigenvalue weighted by molar-refractivity contribution is -0.161. The number of nitrogens with zero attached hydrogens (tertiary/aromatic N) is 3. The number of anilines is 1. The standard InChI is InChI=1S/C31H48BrN3O3SSi3/c1-36-23-16-21(32)20-15-24-31(38-42(8,9)10)17-22-27(39-29(33-22)35(40(2,3)4)41(5,6)7)28-30(31,25(20)26(23)37-28)13-14-34(24)18-19-11-12-19/h16,19,24,28H,11-15,17-18H2,1-10H3/t24-,28-,30-,31+/m0/s1. The smallest absolute Gasteiger partial charge is 0.184 e. The van der Waals surface area contributed by atoms with E-state index in [1.807, 2.05) is 11.3 Å². The molecule has 1 saturated heterocycles. The van der Waals surface area contributed by atoms with E-state index in [2.05, 4.69) is 90.1 Å². The molecule has 2 aromatic rings. The van der Waals surface area contributed by atoms with Crippen molar-refractivity contribution in [2.24, 2.45) is 5.92 Å². The maximum absolute atomic E-state index is 7.72. The van der Waals surface area contributed by atoms with E-state index >= 15 is 0 Å². The first-order chi connectivity index (χ1) is 19.5. The van der Waals surface area contributed by atoms with Crippen LogP contribution < -0.4 is 13.7 Å². The summed E-state index contributed by atoms with van der Waals surface area (Å²) in [5, 5.41) is 1.22. The molecule has 2 bridgehead atoms. The molecule has 3 heterocycles. The number of thiazole rings is 1. The number of rotatable bonds is 8. The fourth-order valence-corrected chi connectivity index (χ4v) is 23.4. The third kappa shape index (κ3) is 4.26. The lowest BCUT2D eigenvalue weighted by Gasteiger charge is -2.66. The van der Waals surface area contributed by atoms with E-state index in [9.17, 15) is 0 Å². The van der Waals surface area contributed by atoms with Crippen LogP contribution >= 0.6 is 27.3 Å². The van der Waals surface area contributed by atoms with Gasteiger partial charge < -0.3 is 18.1 Å². The van der Waals surface area contributed by atoms with E-state index in [4.69, 9.17) is 18.9 Å². The maximum Gasteiger partial charge on any atom is 0.184 e. The average Bonchev–Trinajstić information content (AvgIpc) is 3.46. The second-order valence-corrected chi connectivity index (χ2v) is 32.7. The molecule has 5 aliphatic rings. The SMILES string of the molecule is COc1cc(Br)c2c3c1O[C@H]1c4sc(N([Si](C)(C)C)[Si](C)(C)C)nc4C[C@@]4(O[Si](C)(C)C)[C@H](C2)N(CC2CC2)CC[C@]314. The average molecular weight is 707 g/mol. The van der Waals surface area contributed by atoms with E-state index in [0.717, 1.165) is 47.7 Å². The first-order valence-electron chi connectivity index (χ1n) is 15.8. The van der Waals surface area contributed by atoms with Gasteiger partial charge in [-0.3, -0.25) is 4.90 Å². The predicted octanol–water partition coefficient (Wildman–Crippen LogP) is 7.95. The Kier molecular flexibility index (Phi) is 6.72. The summed E-state index contributed by atoms with van der Waals surface area (Å²) in [6.45, 7) is 24.2. The third-order valence-electron chi connectivity index (χ3n) is 10.2. The monoisotopic (exact) mass is 705 g/mol. The first-order valence-corrected chi connectivity index (χ1v) is 27.7. The van der Waals surface area contributed by atoms with Gasteiger partial charge in [-0.2, -0.15) is 0 Å². The second-order valence-electron chi connectivity index (χ2n) is 16.4. The Morgan fingerprint density at radius 2 is 1.81 bits per heavy atom. The van der Waals surface area contributed by atoms with Crippen molar-refractivity contribution < 1.29 is 13.9 Å². The molecule has 3 aliphatic carbocycles. The molecule has 1 spiro atoms. The van der Waals surface area contributed by atoms with E-state index in [-0.39, 0.29) is 17.1 Å². The number of aromatic nitrogens is 1. The molecule has 4 atom stereocenters. The molecule has 0 unspecified atom stereocenters. The number of hydrogen-bond donors (Lipinski definition) is 0. The number of ether oxygens (including phenoxy) is 2. The van der Waals surface area contributed by atoms with Crippen molar-refractivity contribution in [3.63, 3.8) is 0 Å². The van der Waals surface area contributed by atoms with Crippen LogP contribution in [-0.4, -0.2) is 66.5 Å². The van der Waals surface area contributed by atoms with Gasteiger partial charge in [0, 0.05) is 29.0 Å². The zero-order chi connectivity index (χ0) is 30.2. The molecule has 7 rings (SSSR count). The van der Waals surface area contributed by atoms with Crippen LogP contribution in [0.4, 0.5) is 5.13 Å². The molecule has 6 nitrogen and oxygen atoms in total. The Labute approximate surface area is 268 Å². The van der Waals surface area contributed by atoms with Crippen LogP contribution in [-0.2, 0) is 22.7 Å². The van der Waals surface area contributed by atoms with Gasteiger partial charge in [0.15, 0.2) is 24.9 Å². The summed E-state index contributed by atoms with van der Waals surface area (Å²) in [7, 11) is -3.57. The minimum absolute atomic E-state index is 0.100. The quantitative estimate of drug-likeness (QED) is 0.260. The normalized spacial score (nSPS) is 30.1. The number of hydrogen-bond acceptors (Lipinski definition) is 7. The number of likely N-dealkylation sites (tertiary alicyclic amines) is 1. The number of benzene rings is 1. The second kappa shape index (κ2) is 9.42. The number of fused-ring (bicyclic) bond motifs is 2. The van der Waals surface area contributed by atoms with Gasteiger partial charge >= 0.3 is 0 Å². The van der Waals surface area contributed by atoms with Crippen molar-refractivity contribution in [2.75, 3.05) is 24.4 Å². The van der Waals surface area contributed by atoms with Gasteiger partial charge in [-0.05, 0) is 69.4 Å². The van der Waals surface area contributed by atoms with Crippen LogP contribution in [0, 0.1) is 5.92 Å². The molecule has 42 heavy (non-hydrogen) atoms. The third-order valence-corrected chi connectivity index (χ3v) is 20.4. The molecule has 0 amide bonds. The van der Waals surface area contributed by atoms with Crippen LogP contribution in [0.5, 0.6) is 11.5 Å². The molecule has 230 valence electrons. The van der Waals surface area contributed by atoms with Gasteiger partial charge in [0.05, 0.1) is 28.7 Å². The van der Waals surface area contributed by atoms with Crippen LogP contribution in [0.2, 0.25) is 58.9 Å². The molecular weight excluding hydrogens is 659 g/mol. The molecule has 1 saturated carbocycles. The Balaban J connectivity index is 1.50. The van der Waals surface area contributed by atoms with Crippen LogP contribution in [0.1, 0.15) is 47.1 Å². The van der Waals surface area contributed by atoms with Crippen molar-refractivity contribution in [1.82, 2.24) is 9.88 Å². The van der Waals surface area contributed by atoms with Crippen molar-refractivity contribution in [2.45, 2.75) is 114 Å². The van der Waals surface area contributed by atoms with Gasteiger partial charge in [0.1, 0.15) is 22.6 Å². The lowest BCUT2D eigenvalue weighted by atomic mass is 9.49. The van der Waals surface area contributed by atoms with Gasteiger partial charge in [0.2, 0.25) is 0 Å². The fraction of sp³-hybridized carbons (Fsp3) is 0.710. The van der Waals surface area contributed by atoms with Crippen molar-refractivity contribution in [3.8, 4) is 11.5 Å². The lowest BCUT2D eigenvalue weighted by Crippen LogP contribution is -2.77. The number of methoxy groups -OCH3 is 1. The molecule has 0 N–H and O–H groups in total. The highest BCUT2D eigenvalue weighted by atomic mass is 79.9. The Morgan fingerprint density at radius 1 is 1.12 bits per heavy atom. The summed E-state index contributed by atoms with van der Waals surface area (Å²) < 4.78 is 24.9. The molecule has 1 aromatic heterocycles. The minimum Gasteiger partial charge on any atom is -0.493 e. The van der Waals surface area contributed by atoms with Crippen LogP contribution in [0.15, 0.2) is 10.5 Å². The first kappa shape index (κ1) is 30.0. The van der Waals surface area contributed by atoms with E-state index in [1.54, 1.807) is 7.11 Å². The fourth-order valence-electron chi connectivity index (χ4n) is 9.15. The number of piperidine rings is 1. The Bertz CT molecular complexity index is 1430. The molecule has 0 radical (unpaired) electrons. The summed E-state index contributed by atoms with van der Waals surface area (Å²) in [6, 6.07) is 2.45. The van der Waals surface area contributed by atoms with Crippen LogP contribution in [0.3, 0.4) is 0 Å². The highest BCUT2D eigenvalue weighted by Crippen LogP contribution is 2.71. The van der Waals surface area contributed by atoms with Gasteiger partial charge in [-0.15, -0.1) is 0 Å². The van der Waals surface area contributed by atoms with E-state index < -0.39 is 24.8 Å². The zero-order valence-corrected chi connectivity index (χ0v) is 32.5. The summed E-state index contributed by atoms with van der Waals surface area (Å²) >= 11 is 5.94. The largest absolute Gasteiger partial charge is 0.493 e. The number of halogens is 1. The summed E-state index contributed by atoms with van der Waals surface area (Å²) in [4.78, 5) is 9.75. The van der Waals surface area contributed by atoms with E-state index in [1.165, 1.54) is 46.2 Å². The topological polar surface area (TPSA) is 47.1 Å². The molecule has 11 heteroatoms. The zero-order valence-electron chi connectivity index (χ0n) is 27.1. The predicted molar refractivity (Wildman–Crippen MR) is 184 cm³/mol. The maximum atomic E-state index is 7.72. The Morgan fingerprint density at radius 3 is 2.40 bits per heavy atom.